The maximum Gasteiger partial charge on any atom is 0.243 e. The number of rotatable bonds is 5. The highest BCUT2D eigenvalue weighted by Gasteiger charge is 2.36. The van der Waals surface area contributed by atoms with Gasteiger partial charge in [-0.25, -0.2) is 4.39 Å². The summed E-state index contributed by atoms with van der Waals surface area (Å²) in [5.41, 5.74) is 1.99. The third-order valence-corrected chi connectivity index (χ3v) is 4.75. The summed E-state index contributed by atoms with van der Waals surface area (Å²) >= 11 is 0. The lowest BCUT2D eigenvalue weighted by Crippen LogP contribution is -2.45. The van der Waals surface area contributed by atoms with Gasteiger partial charge in [0.05, 0.1) is 0 Å². The fourth-order valence-electron chi connectivity index (χ4n) is 3.45. The van der Waals surface area contributed by atoms with Gasteiger partial charge in [-0.15, -0.1) is 0 Å². The van der Waals surface area contributed by atoms with E-state index in [0.29, 0.717) is 25.1 Å². The fraction of sp³-hybridized carbons (Fsp3) is 0.474. The van der Waals surface area contributed by atoms with Crippen LogP contribution < -0.4 is 10.2 Å². The van der Waals surface area contributed by atoms with Crippen LogP contribution >= 0.6 is 0 Å². The molecule has 128 valence electrons. The maximum absolute atomic E-state index is 13.1. The van der Waals surface area contributed by atoms with Crippen LogP contribution in [-0.4, -0.2) is 24.4 Å². The van der Waals surface area contributed by atoms with Gasteiger partial charge in [-0.05, 0) is 62.8 Å². The first-order valence-electron chi connectivity index (χ1n) is 8.68. The molecule has 1 atom stereocenters. The lowest BCUT2D eigenvalue weighted by atomic mass is 9.97. The molecule has 0 spiro atoms. The molecule has 1 N–H and O–H groups in total. The Labute approximate surface area is 141 Å². The van der Waals surface area contributed by atoms with Gasteiger partial charge in [0.15, 0.2) is 0 Å². The minimum Gasteiger partial charge on any atom is -0.354 e. The number of hydrogen-bond donors (Lipinski definition) is 1. The van der Waals surface area contributed by atoms with Gasteiger partial charge in [0.2, 0.25) is 11.8 Å². The van der Waals surface area contributed by atoms with Gasteiger partial charge in [0.1, 0.15) is 11.9 Å². The number of benzene rings is 1. The highest BCUT2D eigenvalue weighted by molar-refractivity contribution is 6.03. The lowest BCUT2D eigenvalue weighted by Gasteiger charge is -2.24. The van der Waals surface area contributed by atoms with E-state index < -0.39 is 6.04 Å². The van der Waals surface area contributed by atoms with Crippen LogP contribution in [0.4, 0.5) is 10.1 Å². The van der Waals surface area contributed by atoms with Crippen molar-refractivity contribution in [2.24, 2.45) is 0 Å². The number of halogens is 1. The molecule has 1 aromatic carbocycles. The molecule has 1 aliphatic carbocycles. The molecular formula is C19H23FN2O2. The van der Waals surface area contributed by atoms with Crippen molar-refractivity contribution in [3.63, 3.8) is 0 Å². The SMILES string of the molecule is O=C(NCCC1=CCCCC1)C1CCC(=O)N1c1ccc(F)cc1. The minimum absolute atomic E-state index is 0.0863. The van der Waals surface area contributed by atoms with Crippen LogP contribution in [0.1, 0.15) is 44.9 Å². The zero-order valence-corrected chi connectivity index (χ0v) is 13.8. The van der Waals surface area contributed by atoms with Crippen molar-refractivity contribution < 1.29 is 14.0 Å². The molecule has 3 rings (SSSR count). The summed E-state index contributed by atoms with van der Waals surface area (Å²) in [7, 11) is 0. The predicted molar refractivity (Wildman–Crippen MR) is 91.1 cm³/mol. The minimum atomic E-state index is -0.497. The lowest BCUT2D eigenvalue weighted by molar-refractivity contribution is -0.123. The Bertz CT molecular complexity index is 639. The van der Waals surface area contributed by atoms with Gasteiger partial charge < -0.3 is 5.32 Å². The van der Waals surface area contributed by atoms with Gasteiger partial charge in [-0.3, -0.25) is 14.5 Å². The van der Waals surface area contributed by atoms with E-state index in [-0.39, 0.29) is 17.6 Å². The molecule has 5 heteroatoms. The standard InChI is InChI=1S/C19H23FN2O2/c20-15-6-8-16(9-7-15)22-17(10-11-18(22)23)19(24)21-13-12-14-4-2-1-3-5-14/h4,6-9,17H,1-3,5,10-13H2,(H,21,24). The first-order valence-corrected chi connectivity index (χ1v) is 8.68. The van der Waals surface area contributed by atoms with Crippen LogP contribution in [0.15, 0.2) is 35.9 Å². The Hall–Kier alpha value is -2.17. The number of hydrogen-bond acceptors (Lipinski definition) is 2. The van der Waals surface area contributed by atoms with E-state index in [1.165, 1.54) is 35.4 Å². The average Bonchev–Trinajstić information content (AvgIpc) is 2.98. The van der Waals surface area contributed by atoms with Crippen molar-refractivity contribution in [2.75, 3.05) is 11.4 Å². The van der Waals surface area contributed by atoms with Gasteiger partial charge in [0, 0.05) is 18.7 Å². The van der Waals surface area contributed by atoms with Crippen LogP contribution in [0.2, 0.25) is 0 Å². The summed E-state index contributed by atoms with van der Waals surface area (Å²) in [6, 6.07) is 5.22. The highest BCUT2D eigenvalue weighted by Crippen LogP contribution is 2.27. The number of amides is 2. The van der Waals surface area contributed by atoms with Gasteiger partial charge in [0.25, 0.3) is 0 Å². The molecule has 1 unspecified atom stereocenters. The van der Waals surface area contributed by atoms with Gasteiger partial charge in [-0.2, -0.15) is 0 Å². The first-order chi connectivity index (χ1) is 11.6. The van der Waals surface area contributed by atoms with Gasteiger partial charge in [-0.1, -0.05) is 11.6 Å². The number of nitrogens with zero attached hydrogens (tertiary/aromatic N) is 1. The van der Waals surface area contributed by atoms with Crippen LogP contribution in [0.5, 0.6) is 0 Å². The second-order valence-electron chi connectivity index (χ2n) is 6.44. The number of anilines is 1. The fourth-order valence-corrected chi connectivity index (χ4v) is 3.45. The van der Waals surface area contributed by atoms with E-state index in [9.17, 15) is 14.0 Å². The molecule has 24 heavy (non-hydrogen) atoms. The van der Waals surface area contributed by atoms with Crippen LogP contribution in [0.3, 0.4) is 0 Å². The number of carbonyl (C=O) groups excluding carboxylic acids is 2. The van der Waals surface area contributed by atoms with Crippen molar-refractivity contribution >= 4 is 17.5 Å². The topological polar surface area (TPSA) is 49.4 Å². The van der Waals surface area contributed by atoms with Crippen molar-refractivity contribution in [2.45, 2.75) is 51.0 Å². The van der Waals surface area contributed by atoms with Crippen LogP contribution in [-0.2, 0) is 9.59 Å². The van der Waals surface area contributed by atoms with Crippen molar-refractivity contribution in [1.29, 1.82) is 0 Å². The molecule has 0 radical (unpaired) electrons. The zero-order valence-electron chi connectivity index (χ0n) is 13.8. The quantitative estimate of drug-likeness (QED) is 0.842. The predicted octanol–water partition coefficient (Wildman–Crippen LogP) is 3.33. The summed E-state index contributed by atoms with van der Waals surface area (Å²) in [5, 5.41) is 2.96. The van der Waals surface area contributed by atoms with Gasteiger partial charge >= 0.3 is 0 Å². The monoisotopic (exact) mass is 330 g/mol. The van der Waals surface area contributed by atoms with E-state index in [1.54, 1.807) is 12.1 Å². The van der Waals surface area contributed by atoms with Crippen molar-refractivity contribution in [3.8, 4) is 0 Å². The number of carbonyl (C=O) groups is 2. The molecule has 2 aliphatic rings. The molecule has 1 heterocycles. The van der Waals surface area contributed by atoms with Crippen LogP contribution in [0, 0.1) is 5.82 Å². The van der Waals surface area contributed by atoms with E-state index >= 15 is 0 Å². The van der Waals surface area contributed by atoms with E-state index in [2.05, 4.69) is 11.4 Å². The first kappa shape index (κ1) is 16.7. The third-order valence-electron chi connectivity index (χ3n) is 4.75. The Kier molecular flexibility index (Phi) is 5.28. The molecular weight excluding hydrogens is 307 g/mol. The Morgan fingerprint density at radius 1 is 1.21 bits per heavy atom. The molecule has 1 aliphatic heterocycles. The smallest absolute Gasteiger partial charge is 0.243 e. The summed E-state index contributed by atoms with van der Waals surface area (Å²) in [6.45, 7) is 0.604. The maximum atomic E-state index is 13.1. The largest absolute Gasteiger partial charge is 0.354 e. The van der Waals surface area contributed by atoms with E-state index in [1.807, 2.05) is 0 Å². The second kappa shape index (κ2) is 7.60. The number of allylic oxidation sites excluding steroid dienone is 1. The molecule has 1 aromatic rings. The summed E-state index contributed by atoms with van der Waals surface area (Å²) in [6.07, 6.45) is 8.76. The molecule has 0 bridgehead atoms. The Morgan fingerprint density at radius 2 is 2.00 bits per heavy atom. The van der Waals surface area contributed by atoms with Crippen LogP contribution in [0.25, 0.3) is 0 Å². The molecule has 1 fully saturated rings. The molecule has 0 saturated carbocycles. The normalized spacial score (nSPS) is 20.9. The average molecular weight is 330 g/mol. The molecule has 4 nitrogen and oxygen atoms in total. The summed E-state index contributed by atoms with van der Waals surface area (Å²) < 4.78 is 13.1. The molecule has 1 saturated heterocycles. The third kappa shape index (κ3) is 3.83. The van der Waals surface area contributed by atoms with E-state index in [4.69, 9.17) is 0 Å². The molecule has 0 aromatic heterocycles. The zero-order chi connectivity index (χ0) is 16.9. The Morgan fingerprint density at radius 3 is 2.71 bits per heavy atom. The second-order valence-corrected chi connectivity index (χ2v) is 6.44. The van der Waals surface area contributed by atoms with E-state index in [0.717, 1.165) is 19.3 Å². The highest BCUT2D eigenvalue weighted by atomic mass is 19.1. The Balaban J connectivity index is 1.59. The summed E-state index contributed by atoms with van der Waals surface area (Å²) in [5.74, 6) is -0.564. The number of nitrogens with one attached hydrogen (secondary N) is 1. The summed E-state index contributed by atoms with van der Waals surface area (Å²) in [4.78, 5) is 26.1. The van der Waals surface area contributed by atoms with Crippen molar-refractivity contribution in [3.05, 3.63) is 41.7 Å². The van der Waals surface area contributed by atoms with Crippen molar-refractivity contribution in [1.82, 2.24) is 5.32 Å². The molecule has 2 amide bonds.